The number of halogens is 1. The van der Waals surface area contributed by atoms with Gasteiger partial charge in [-0.1, -0.05) is 36.2 Å². The molecule has 2 atom stereocenters. The van der Waals surface area contributed by atoms with Gasteiger partial charge in [-0.2, -0.15) is 0 Å². The lowest BCUT2D eigenvalue weighted by Crippen LogP contribution is -2.49. The number of amides is 1. The average molecular weight is 335 g/mol. The Kier molecular flexibility index (Phi) is 5.27. The summed E-state index contributed by atoms with van der Waals surface area (Å²) in [5.74, 6) is 1.51. The van der Waals surface area contributed by atoms with Crippen LogP contribution in [0.5, 0.6) is 0 Å². The summed E-state index contributed by atoms with van der Waals surface area (Å²) in [7, 11) is 0. The summed E-state index contributed by atoms with van der Waals surface area (Å²) in [6.07, 6.45) is 5.60. The van der Waals surface area contributed by atoms with Crippen molar-refractivity contribution in [3.8, 4) is 0 Å². The smallest absolute Gasteiger partial charge is 0.225 e. The van der Waals surface area contributed by atoms with E-state index in [-0.39, 0.29) is 11.8 Å². The molecule has 3 nitrogen and oxygen atoms in total. The highest BCUT2D eigenvalue weighted by Gasteiger charge is 2.41. The second-order valence-electron chi connectivity index (χ2n) is 7.14. The van der Waals surface area contributed by atoms with Crippen LogP contribution >= 0.6 is 11.6 Å². The van der Waals surface area contributed by atoms with Gasteiger partial charge < -0.3 is 10.6 Å². The summed E-state index contributed by atoms with van der Waals surface area (Å²) in [6.45, 7) is 3.37. The number of carbonyl (C=O) groups is 1. The van der Waals surface area contributed by atoms with E-state index in [9.17, 15) is 4.79 Å². The largest absolute Gasteiger partial charge is 0.338 e. The number of hydrogen-bond donors (Lipinski definition) is 1. The van der Waals surface area contributed by atoms with E-state index < -0.39 is 0 Å². The highest BCUT2D eigenvalue weighted by Crippen LogP contribution is 2.42. The lowest BCUT2D eigenvalue weighted by Gasteiger charge is -2.44. The standard InChI is InChI=1S/C19H27ClN2O/c1-2-22(12-15-6-3-4-9-17(15)20)19(23)16-10-13-7-5-8-14(11-16)18(13)21/h3-4,6,9,13-14,16,18H,2,5,7-8,10-12,21H2,1H3. The van der Waals surface area contributed by atoms with E-state index in [1.807, 2.05) is 36.1 Å². The molecule has 2 N–H and O–H groups in total. The monoisotopic (exact) mass is 334 g/mol. The molecule has 0 aliphatic heterocycles. The van der Waals surface area contributed by atoms with Gasteiger partial charge in [-0.15, -0.1) is 0 Å². The normalized spacial score (nSPS) is 30.0. The molecule has 2 bridgehead atoms. The second kappa shape index (κ2) is 7.23. The Balaban J connectivity index is 1.69. The van der Waals surface area contributed by atoms with Crippen molar-refractivity contribution in [1.29, 1.82) is 0 Å². The van der Waals surface area contributed by atoms with Gasteiger partial charge in [0.1, 0.15) is 0 Å². The second-order valence-corrected chi connectivity index (χ2v) is 7.55. The molecule has 2 unspecified atom stereocenters. The van der Waals surface area contributed by atoms with Crippen molar-refractivity contribution in [2.24, 2.45) is 23.5 Å². The van der Waals surface area contributed by atoms with Gasteiger partial charge in [0.25, 0.3) is 0 Å². The SMILES string of the molecule is CCN(Cc1ccccc1Cl)C(=O)C1CC2CCCC(C1)C2N. The molecule has 2 fully saturated rings. The minimum absolute atomic E-state index is 0.146. The molecule has 4 heteroatoms. The van der Waals surface area contributed by atoms with Crippen molar-refractivity contribution in [2.45, 2.75) is 51.6 Å². The third kappa shape index (κ3) is 3.56. The zero-order valence-electron chi connectivity index (χ0n) is 13.9. The molecule has 1 amide bonds. The summed E-state index contributed by atoms with van der Waals surface area (Å²) in [6, 6.07) is 8.10. The van der Waals surface area contributed by atoms with Gasteiger partial charge in [0.05, 0.1) is 0 Å². The molecule has 0 heterocycles. The number of fused-ring (bicyclic) bond motifs is 2. The molecule has 0 radical (unpaired) electrons. The Bertz CT molecular complexity index is 548. The number of nitrogens with two attached hydrogens (primary N) is 1. The number of hydrogen-bond acceptors (Lipinski definition) is 2. The first-order valence-corrected chi connectivity index (χ1v) is 9.25. The van der Waals surface area contributed by atoms with Crippen LogP contribution in [0.2, 0.25) is 5.02 Å². The topological polar surface area (TPSA) is 46.3 Å². The van der Waals surface area contributed by atoms with Crippen LogP contribution in [-0.2, 0) is 11.3 Å². The first-order chi connectivity index (χ1) is 11.1. The fourth-order valence-electron chi connectivity index (χ4n) is 4.43. The summed E-state index contributed by atoms with van der Waals surface area (Å²) in [5.41, 5.74) is 7.38. The first kappa shape index (κ1) is 16.8. The van der Waals surface area contributed by atoms with E-state index in [4.69, 9.17) is 17.3 Å². The molecular weight excluding hydrogens is 308 g/mol. The third-order valence-electron chi connectivity index (χ3n) is 5.77. The van der Waals surface area contributed by atoms with Gasteiger partial charge in [-0.25, -0.2) is 0 Å². The zero-order valence-corrected chi connectivity index (χ0v) is 14.6. The molecular formula is C19H27ClN2O. The number of benzene rings is 1. The van der Waals surface area contributed by atoms with Gasteiger partial charge in [-0.05, 0) is 56.1 Å². The Morgan fingerprint density at radius 1 is 1.26 bits per heavy atom. The van der Waals surface area contributed by atoms with Crippen molar-refractivity contribution in [1.82, 2.24) is 4.90 Å². The van der Waals surface area contributed by atoms with E-state index in [0.717, 1.165) is 30.0 Å². The fourth-order valence-corrected chi connectivity index (χ4v) is 4.62. The lowest BCUT2D eigenvalue weighted by molar-refractivity contribution is -0.139. The van der Waals surface area contributed by atoms with E-state index in [1.54, 1.807) is 0 Å². The summed E-state index contributed by atoms with van der Waals surface area (Å²) < 4.78 is 0. The molecule has 23 heavy (non-hydrogen) atoms. The predicted octanol–water partition coefficient (Wildman–Crippen LogP) is 3.84. The molecule has 0 aromatic heterocycles. The Morgan fingerprint density at radius 3 is 2.52 bits per heavy atom. The molecule has 126 valence electrons. The van der Waals surface area contributed by atoms with E-state index in [2.05, 4.69) is 0 Å². The Morgan fingerprint density at radius 2 is 1.91 bits per heavy atom. The van der Waals surface area contributed by atoms with Crippen LogP contribution in [-0.4, -0.2) is 23.4 Å². The average Bonchev–Trinajstić information content (AvgIpc) is 2.53. The molecule has 2 aliphatic rings. The van der Waals surface area contributed by atoms with Crippen LogP contribution in [0.4, 0.5) is 0 Å². The molecule has 3 rings (SSSR count). The zero-order chi connectivity index (χ0) is 16.4. The van der Waals surface area contributed by atoms with Gasteiger partial charge in [0.15, 0.2) is 0 Å². The highest BCUT2D eigenvalue weighted by molar-refractivity contribution is 6.31. The molecule has 0 saturated heterocycles. The molecule has 0 spiro atoms. The van der Waals surface area contributed by atoms with Gasteiger partial charge in [0, 0.05) is 30.1 Å². The van der Waals surface area contributed by atoms with Crippen LogP contribution < -0.4 is 5.73 Å². The fraction of sp³-hybridized carbons (Fsp3) is 0.632. The minimum atomic E-state index is 0.146. The van der Waals surface area contributed by atoms with Crippen LogP contribution in [0.1, 0.15) is 44.6 Å². The molecule has 2 saturated carbocycles. The van der Waals surface area contributed by atoms with Crippen molar-refractivity contribution in [3.63, 3.8) is 0 Å². The number of nitrogens with zero attached hydrogens (tertiary/aromatic N) is 1. The quantitative estimate of drug-likeness (QED) is 0.909. The van der Waals surface area contributed by atoms with Crippen molar-refractivity contribution in [3.05, 3.63) is 34.9 Å². The maximum atomic E-state index is 13.0. The maximum Gasteiger partial charge on any atom is 0.225 e. The van der Waals surface area contributed by atoms with Crippen LogP contribution in [0, 0.1) is 17.8 Å². The summed E-state index contributed by atoms with van der Waals surface area (Å²) in [5, 5.41) is 0.737. The highest BCUT2D eigenvalue weighted by atomic mass is 35.5. The predicted molar refractivity (Wildman–Crippen MR) is 94.1 cm³/mol. The Hall–Kier alpha value is -1.06. The van der Waals surface area contributed by atoms with Crippen molar-refractivity contribution in [2.75, 3.05) is 6.54 Å². The van der Waals surface area contributed by atoms with E-state index in [1.165, 1.54) is 19.3 Å². The van der Waals surface area contributed by atoms with Crippen LogP contribution in [0.25, 0.3) is 0 Å². The van der Waals surface area contributed by atoms with Gasteiger partial charge in [0.2, 0.25) is 5.91 Å². The van der Waals surface area contributed by atoms with Crippen molar-refractivity contribution >= 4 is 17.5 Å². The van der Waals surface area contributed by atoms with E-state index >= 15 is 0 Å². The van der Waals surface area contributed by atoms with Gasteiger partial charge >= 0.3 is 0 Å². The molecule has 1 aromatic rings. The number of carbonyl (C=O) groups excluding carboxylic acids is 1. The molecule has 1 aromatic carbocycles. The van der Waals surface area contributed by atoms with Gasteiger partial charge in [-0.3, -0.25) is 4.79 Å². The van der Waals surface area contributed by atoms with Crippen LogP contribution in [0.3, 0.4) is 0 Å². The van der Waals surface area contributed by atoms with Crippen LogP contribution in [0.15, 0.2) is 24.3 Å². The van der Waals surface area contributed by atoms with Crippen molar-refractivity contribution < 1.29 is 4.79 Å². The summed E-state index contributed by atoms with van der Waals surface area (Å²) in [4.78, 5) is 15.0. The summed E-state index contributed by atoms with van der Waals surface area (Å²) >= 11 is 6.26. The van der Waals surface area contributed by atoms with E-state index in [0.29, 0.717) is 24.4 Å². The third-order valence-corrected chi connectivity index (χ3v) is 6.14. The lowest BCUT2D eigenvalue weighted by atomic mass is 9.65. The number of rotatable bonds is 4. The minimum Gasteiger partial charge on any atom is -0.338 e. The Labute approximate surface area is 144 Å². The first-order valence-electron chi connectivity index (χ1n) is 8.88. The molecule has 2 aliphatic carbocycles. The maximum absolute atomic E-state index is 13.0.